The van der Waals surface area contributed by atoms with E-state index in [1.54, 1.807) is 44.4 Å². The highest BCUT2D eigenvalue weighted by atomic mass is 79.9. The van der Waals surface area contributed by atoms with E-state index in [0.29, 0.717) is 21.9 Å². The van der Waals surface area contributed by atoms with Crippen LogP contribution in [-0.4, -0.2) is 30.5 Å². The number of amides is 1. The molecule has 1 heterocycles. The normalized spacial score (nSPS) is 10.8. The van der Waals surface area contributed by atoms with Crippen LogP contribution < -0.4 is 10.1 Å². The molecule has 0 bridgehead atoms. The average Bonchev–Trinajstić information content (AvgIpc) is 3.13. The van der Waals surface area contributed by atoms with Gasteiger partial charge in [0.05, 0.1) is 23.1 Å². The van der Waals surface area contributed by atoms with Crippen LogP contribution >= 0.6 is 27.3 Å². The number of non-ortho nitro benzene ring substituents is 1. The molecule has 34 heavy (non-hydrogen) atoms. The van der Waals surface area contributed by atoms with Crippen molar-refractivity contribution in [2.75, 3.05) is 19.0 Å². The molecule has 0 saturated heterocycles. The van der Waals surface area contributed by atoms with Crippen LogP contribution in [0.15, 0.2) is 53.0 Å². The van der Waals surface area contributed by atoms with Gasteiger partial charge in [-0.3, -0.25) is 14.9 Å². The molecule has 0 aliphatic carbocycles. The first-order valence-electron chi connectivity index (χ1n) is 10.1. The number of benzene rings is 2. The van der Waals surface area contributed by atoms with Crippen LogP contribution in [0.1, 0.15) is 27.7 Å². The van der Waals surface area contributed by atoms with Gasteiger partial charge in [-0.25, -0.2) is 4.79 Å². The molecule has 0 spiro atoms. The molecule has 0 fully saturated rings. The Kier molecular flexibility index (Phi) is 8.19. The predicted octanol–water partition coefficient (Wildman–Crippen LogP) is 6.23. The van der Waals surface area contributed by atoms with Gasteiger partial charge in [0.15, 0.2) is 0 Å². The predicted molar refractivity (Wildman–Crippen MR) is 135 cm³/mol. The number of nitro groups is 1. The Balaban J connectivity index is 1.92. The second kappa shape index (κ2) is 11.1. The van der Waals surface area contributed by atoms with E-state index in [4.69, 9.17) is 9.47 Å². The molecule has 8 nitrogen and oxygen atoms in total. The maximum atomic E-state index is 12.8. The van der Waals surface area contributed by atoms with Gasteiger partial charge < -0.3 is 14.8 Å². The van der Waals surface area contributed by atoms with Crippen molar-refractivity contribution in [2.24, 2.45) is 0 Å². The lowest BCUT2D eigenvalue weighted by atomic mass is 10.0. The Labute approximate surface area is 208 Å². The molecule has 0 radical (unpaired) electrons. The third kappa shape index (κ3) is 5.70. The summed E-state index contributed by atoms with van der Waals surface area (Å²) in [7, 11) is 1.57. The van der Waals surface area contributed by atoms with E-state index < -0.39 is 16.8 Å². The number of carbonyl (C=O) groups excluding carboxylic acids is 2. The number of nitro benzene ring substituents is 1. The maximum absolute atomic E-state index is 12.8. The highest BCUT2D eigenvalue weighted by Gasteiger charge is 2.25. The topological polar surface area (TPSA) is 108 Å². The fraction of sp³-hybridized carbons (Fsp3) is 0.167. The van der Waals surface area contributed by atoms with Crippen molar-refractivity contribution in [2.45, 2.75) is 13.8 Å². The molecule has 3 aromatic rings. The Bertz CT molecular complexity index is 1270. The van der Waals surface area contributed by atoms with Crippen molar-refractivity contribution in [1.82, 2.24) is 0 Å². The molecule has 0 aliphatic heterocycles. The number of nitrogens with one attached hydrogen (secondary N) is 1. The van der Waals surface area contributed by atoms with Crippen molar-refractivity contribution >= 4 is 55.9 Å². The van der Waals surface area contributed by atoms with E-state index >= 15 is 0 Å². The zero-order valence-corrected chi connectivity index (χ0v) is 21.0. The molecular weight excluding hydrogens is 524 g/mol. The van der Waals surface area contributed by atoms with E-state index in [1.807, 2.05) is 13.0 Å². The zero-order chi connectivity index (χ0) is 24.8. The lowest BCUT2D eigenvalue weighted by Gasteiger charge is -2.08. The summed E-state index contributed by atoms with van der Waals surface area (Å²) in [6.45, 7) is 3.66. The van der Waals surface area contributed by atoms with Gasteiger partial charge in [-0.05, 0) is 71.2 Å². The number of carbonyl (C=O) groups is 2. The van der Waals surface area contributed by atoms with Crippen LogP contribution in [0, 0.1) is 17.0 Å². The number of hydrogen-bond acceptors (Lipinski definition) is 7. The first kappa shape index (κ1) is 25.1. The summed E-state index contributed by atoms with van der Waals surface area (Å²) in [5.74, 6) is -0.332. The van der Waals surface area contributed by atoms with Crippen molar-refractivity contribution in [3.8, 4) is 16.9 Å². The SMILES string of the molecule is CCOC(=O)c1c(NC(=O)C=Cc2ccc(OC)c(Br)c2)sc(C)c1-c1ccc([N+](=O)[O-])cc1. The molecule has 0 unspecified atom stereocenters. The summed E-state index contributed by atoms with van der Waals surface area (Å²) >= 11 is 4.64. The van der Waals surface area contributed by atoms with Gasteiger partial charge in [0.1, 0.15) is 16.3 Å². The Morgan fingerprint density at radius 1 is 1.21 bits per heavy atom. The quantitative estimate of drug-likeness (QED) is 0.156. The van der Waals surface area contributed by atoms with Gasteiger partial charge in [-0.2, -0.15) is 0 Å². The molecule has 10 heteroatoms. The van der Waals surface area contributed by atoms with E-state index in [0.717, 1.165) is 14.9 Å². The fourth-order valence-corrected chi connectivity index (χ4v) is 4.87. The number of anilines is 1. The van der Waals surface area contributed by atoms with Gasteiger partial charge in [-0.1, -0.05) is 6.07 Å². The third-order valence-corrected chi connectivity index (χ3v) is 6.41. The minimum Gasteiger partial charge on any atom is -0.496 e. The average molecular weight is 545 g/mol. The van der Waals surface area contributed by atoms with Crippen LogP contribution in [0.4, 0.5) is 10.7 Å². The van der Waals surface area contributed by atoms with Crippen molar-refractivity contribution in [1.29, 1.82) is 0 Å². The molecule has 0 atom stereocenters. The lowest BCUT2D eigenvalue weighted by molar-refractivity contribution is -0.384. The minimum atomic E-state index is -0.585. The summed E-state index contributed by atoms with van der Waals surface area (Å²) in [6, 6.07) is 11.3. The number of rotatable bonds is 8. The van der Waals surface area contributed by atoms with Gasteiger partial charge in [0.2, 0.25) is 5.91 Å². The smallest absolute Gasteiger partial charge is 0.341 e. The Morgan fingerprint density at radius 3 is 2.50 bits per heavy atom. The highest BCUT2D eigenvalue weighted by molar-refractivity contribution is 9.10. The number of halogens is 1. The van der Waals surface area contributed by atoms with Crippen LogP contribution in [-0.2, 0) is 9.53 Å². The third-order valence-electron chi connectivity index (χ3n) is 4.77. The van der Waals surface area contributed by atoms with Crippen LogP contribution in [0.3, 0.4) is 0 Å². The second-order valence-corrected chi connectivity index (χ2v) is 9.06. The van der Waals surface area contributed by atoms with E-state index in [1.165, 1.54) is 29.5 Å². The van der Waals surface area contributed by atoms with Gasteiger partial charge in [0, 0.05) is 28.6 Å². The van der Waals surface area contributed by atoms with E-state index in [-0.39, 0.29) is 17.9 Å². The highest BCUT2D eigenvalue weighted by Crippen LogP contribution is 2.41. The van der Waals surface area contributed by atoms with Crippen molar-refractivity contribution in [3.63, 3.8) is 0 Å². The molecule has 0 aliphatic rings. The fourth-order valence-electron chi connectivity index (χ4n) is 3.24. The molecule has 1 N–H and O–H groups in total. The molecule has 3 rings (SSSR count). The van der Waals surface area contributed by atoms with Crippen LogP contribution in [0.5, 0.6) is 5.75 Å². The first-order valence-corrected chi connectivity index (χ1v) is 11.7. The Morgan fingerprint density at radius 2 is 1.91 bits per heavy atom. The van der Waals surface area contributed by atoms with Crippen molar-refractivity contribution in [3.05, 3.63) is 79.1 Å². The summed E-state index contributed by atoms with van der Waals surface area (Å²) in [5.41, 5.74) is 2.12. The molecule has 0 saturated carbocycles. The number of methoxy groups -OCH3 is 1. The summed E-state index contributed by atoms with van der Waals surface area (Å²) in [4.78, 5) is 36.7. The van der Waals surface area contributed by atoms with Gasteiger partial charge in [-0.15, -0.1) is 11.3 Å². The zero-order valence-electron chi connectivity index (χ0n) is 18.6. The Hall–Kier alpha value is -3.50. The van der Waals surface area contributed by atoms with Gasteiger partial charge in [0.25, 0.3) is 5.69 Å². The monoisotopic (exact) mass is 544 g/mol. The van der Waals surface area contributed by atoms with Gasteiger partial charge >= 0.3 is 5.97 Å². The molecule has 176 valence electrons. The molecule has 2 aromatic carbocycles. The largest absolute Gasteiger partial charge is 0.496 e. The van der Waals surface area contributed by atoms with Crippen LogP contribution in [0.25, 0.3) is 17.2 Å². The van der Waals surface area contributed by atoms with Crippen LogP contribution in [0.2, 0.25) is 0 Å². The minimum absolute atomic E-state index is 0.0573. The van der Waals surface area contributed by atoms with E-state index in [2.05, 4.69) is 21.2 Å². The number of thiophene rings is 1. The standard InChI is InChI=1S/C24H21BrN2O6S/c1-4-33-24(29)22-21(16-7-9-17(10-8-16)27(30)31)14(2)34-23(22)26-20(28)12-6-15-5-11-19(32-3)18(25)13-15/h5-13H,4H2,1-3H3,(H,26,28). The van der Waals surface area contributed by atoms with E-state index in [9.17, 15) is 19.7 Å². The summed E-state index contributed by atoms with van der Waals surface area (Å²) < 4.78 is 11.2. The summed E-state index contributed by atoms with van der Waals surface area (Å²) in [6.07, 6.45) is 3.01. The summed E-state index contributed by atoms with van der Waals surface area (Å²) in [5, 5.41) is 14.1. The number of aryl methyl sites for hydroxylation is 1. The van der Waals surface area contributed by atoms with Crippen molar-refractivity contribution < 1.29 is 24.0 Å². The second-order valence-electron chi connectivity index (χ2n) is 6.98. The lowest BCUT2D eigenvalue weighted by Crippen LogP contribution is -2.12. The number of hydrogen-bond donors (Lipinski definition) is 1. The molecular formula is C24H21BrN2O6S. The molecule has 1 amide bonds. The first-order chi connectivity index (χ1) is 16.2. The molecule has 1 aromatic heterocycles. The number of nitrogens with zero attached hydrogens (tertiary/aromatic N) is 1. The number of ether oxygens (including phenoxy) is 2. The maximum Gasteiger partial charge on any atom is 0.341 e. The number of esters is 1.